The van der Waals surface area contributed by atoms with Crippen LogP contribution >= 0.6 is 0 Å². The maximum Gasteiger partial charge on any atom is 0.221 e. The first-order valence-corrected chi connectivity index (χ1v) is 27.7. The molecule has 0 unspecified atom stereocenters. The van der Waals surface area contributed by atoms with Gasteiger partial charge in [0.15, 0.2) is 0 Å². The largest absolute Gasteiger partial charge is 0.336 e. The zero-order valence-electron chi connectivity index (χ0n) is 41.0. The molecule has 0 radical (unpaired) electrons. The lowest BCUT2D eigenvalue weighted by Crippen LogP contribution is -2.47. The molecule has 0 bridgehead atoms. The summed E-state index contributed by atoms with van der Waals surface area (Å²) in [5.74, 6) is 0.167. The smallest absolute Gasteiger partial charge is 0.221 e. The van der Waals surface area contributed by atoms with Crippen LogP contribution in [0.5, 0.6) is 0 Å². The van der Waals surface area contributed by atoms with E-state index in [1.807, 2.05) is 6.92 Å². The van der Waals surface area contributed by atoms with E-state index in [0.29, 0.717) is 12.8 Å². The molecular weight excluding hydrogens is 721 g/mol. The zero-order valence-corrected chi connectivity index (χ0v) is 41.0. The van der Waals surface area contributed by atoms with Crippen LogP contribution in [0.4, 0.5) is 0 Å². The molecule has 4 heteroatoms. The van der Waals surface area contributed by atoms with Gasteiger partial charge in [-0.3, -0.25) is 9.59 Å². The number of amides is 2. The van der Waals surface area contributed by atoms with Gasteiger partial charge < -0.3 is 10.6 Å². The molecule has 0 aromatic carbocycles. The van der Waals surface area contributed by atoms with E-state index in [-0.39, 0.29) is 18.0 Å². The van der Waals surface area contributed by atoms with Crippen LogP contribution < -0.4 is 10.6 Å². The van der Waals surface area contributed by atoms with Crippen molar-refractivity contribution >= 4 is 11.8 Å². The highest BCUT2D eigenvalue weighted by Gasteiger charge is 2.13. The summed E-state index contributed by atoms with van der Waals surface area (Å²) in [6, 6.07) is 0. The van der Waals surface area contributed by atoms with Gasteiger partial charge in [-0.05, 0) is 19.3 Å². The molecule has 0 aliphatic heterocycles. The summed E-state index contributed by atoms with van der Waals surface area (Å²) < 4.78 is 0. The fraction of sp³-hybridized carbons (Fsp3) is 0.964. The van der Waals surface area contributed by atoms with E-state index in [4.69, 9.17) is 0 Å². The molecule has 0 heterocycles. The van der Waals surface area contributed by atoms with Gasteiger partial charge in [-0.25, -0.2) is 0 Å². The third-order valence-electron chi connectivity index (χ3n) is 13.1. The third-order valence-corrected chi connectivity index (χ3v) is 13.1. The molecular formula is C55H110N2O2. The Hall–Kier alpha value is -1.06. The predicted octanol–water partition coefficient (Wildman–Crippen LogP) is 18.7. The predicted molar refractivity (Wildman–Crippen MR) is 263 cm³/mol. The second kappa shape index (κ2) is 51.3. The molecule has 0 atom stereocenters. The Morgan fingerprint density at radius 2 is 0.407 bits per heavy atom. The molecule has 0 saturated heterocycles. The summed E-state index contributed by atoms with van der Waals surface area (Å²) in [6.45, 7) is 6.63. The Bertz CT molecular complexity index is 751. The number of unbranched alkanes of at least 4 members (excludes halogenated alkanes) is 44. The van der Waals surface area contributed by atoms with E-state index in [1.165, 1.54) is 270 Å². The van der Waals surface area contributed by atoms with Gasteiger partial charge in [-0.2, -0.15) is 0 Å². The monoisotopic (exact) mass is 831 g/mol. The van der Waals surface area contributed by atoms with Crippen LogP contribution in [0, 0.1) is 0 Å². The summed E-state index contributed by atoms with van der Waals surface area (Å²) in [6.07, 6.45) is 65.2. The Balaban J connectivity index is 3.41. The molecule has 0 rings (SSSR count). The highest BCUT2D eigenvalue weighted by atomic mass is 16.2. The first-order chi connectivity index (χ1) is 29.1. The van der Waals surface area contributed by atoms with Crippen molar-refractivity contribution in [2.45, 2.75) is 342 Å². The summed E-state index contributed by atoms with van der Waals surface area (Å²) in [7, 11) is 0. The van der Waals surface area contributed by atoms with Crippen LogP contribution in [0.25, 0.3) is 0 Å². The summed E-state index contributed by atoms with van der Waals surface area (Å²) >= 11 is 0. The lowest BCUT2D eigenvalue weighted by Gasteiger charge is -2.18. The van der Waals surface area contributed by atoms with Gasteiger partial charge in [0.2, 0.25) is 11.8 Å². The lowest BCUT2D eigenvalue weighted by molar-refractivity contribution is -0.124. The highest BCUT2D eigenvalue weighted by Crippen LogP contribution is 2.18. The topological polar surface area (TPSA) is 58.2 Å². The average molecular weight is 831 g/mol. The van der Waals surface area contributed by atoms with Crippen molar-refractivity contribution in [2.24, 2.45) is 0 Å². The van der Waals surface area contributed by atoms with Gasteiger partial charge in [0.05, 0.1) is 0 Å². The fourth-order valence-corrected chi connectivity index (χ4v) is 8.92. The molecule has 4 nitrogen and oxygen atoms in total. The van der Waals surface area contributed by atoms with Crippen LogP contribution in [0.2, 0.25) is 0 Å². The van der Waals surface area contributed by atoms with Gasteiger partial charge in [-0.1, -0.05) is 303 Å². The van der Waals surface area contributed by atoms with Gasteiger partial charge in [-0.15, -0.1) is 0 Å². The van der Waals surface area contributed by atoms with Crippen LogP contribution in [0.1, 0.15) is 335 Å². The van der Waals surface area contributed by atoms with Crippen molar-refractivity contribution in [2.75, 3.05) is 0 Å². The molecule has 0 saturated carbocycles. The highest BCUT2D eigenvalue weighted by molar-refractivity contribution is 5.79. The Morgan fingerprint density at radius 3 is 0.559 bits per heavy atom. The number of rotatable bonds is 51. The minimum Gasteiger partial charge on any atom is -0.336 e. The van der Waals surface area contributed by atoms with Crippen LogP contribution in [-0.4, -0.2) is 18.0 Å². The van der Waals surface area contributed by atoms with Gasteiger partial charge in [0.1, 0.15) is 6.17 Å². The minimum absolute atomic E-state index is 0.0836. The molecule has 0 aromatic rings. The van der Waals surface area contributed by atoms with Crippen molar-refractivity contribution < 1.29 is 9.59 Å². The zero-order chi connectivity index (χ0) is 42.8. The second-order valence-corrected chi connectivity index (χ2v) is 19.2. The molecule has 0 fully saturated rings. The minimum atomic E-state index is -0.232. The van der Waals surface area contributed by atoms with Gasteiger partial charge in [0, 0.05) is 12.8 Å². The Kier molecular flexibility index (Phi) is 50.4. The summed E-state index contributed by atoms with van der Waals surface area (Å²) in [4.78, 5) is 25.0. The quantitative estimate of drug-likeness (QED) is 0.0474. The molecule has 0 spiro atoms. The standard InChI is InChI=1S/C55H110N2O2/c1-4-7-9-11-13-15-17-19-21-23-25-27-29-31-33-35-37-39-41-43-45-47-49-51-54(58)56-53(6-3)57-55(59)52-50-48-46-44-42-40-38-36-34-32-30-28-26-24-22-20-18-16-14-12-10-8-5-2/h53H,4-52H2,1-3H3,(H,56,58)(H,57,59). The van der Waals surface area contributed by atoms with Crippen molar-refractivity contribution in [1.29, 1.82) is 0 Å². The lowest BCUT2D eigenvalue weighted by atomic mass is 10.0. The molecule has 0 aliphatic rings. The van der Waals surface area contributed by atoms with Crippen LogP contribution in [-0.2, 0) is 9.59 Å². The van der Waals surface area contributed by atoms with Crippen molar-refractivity contribution in [1.82, 2.24) is 10.6 Å². The van der Waals surface area contributed by atoms with Gasteiger partial charge >= 0.3 is 0 Å². The maximum absolute atomic E-state index is 12.5. The third kappa shape index (κ3) is 49.5. The van der Waals surface area contributed by atoms with E-state index in [2.05, 4.69) is 24.5 Å². The summed E-state index contributed by atoms with van der Waals surface area (Å²) in [5, 5.41) is 6.12. The van der Waals surface area contributed by atoms with Crippen molar-refractivity contribution in [3.05, 3.63) is 0 Å². The Morgan fingerprint density at radius 1 is 0.254 bits per heavy atom. The van der Waals surface area contributed by atoms with E-state index in [0.717, 1.165) is 32.1 Å². The fourth-order valence-electron chi connectivity index (χ4n) is 8.92. The molecule has 2 amide bonds. The SMILES string of the molecule is CCCCCCCCCCCCCCCCCCCCCCCCCC(=O)NC(CC)NC(=O)CCCCCCCCCCCCCCCCCCCCCCCCC. The van der Waals surface area contributed by atoms with Crippen LogP contribution in [0.15, 0.2) is 0 Å². The van der Waals surface area contributed by atoms with Crippen LogP contribution in [0.3, 0.4) is 0 Å². The summed E-state index contributed by atoms with van der Waals surface area (Å²) in [5.41, 5.74) is 0. The Labute approximate surface area is 372 Å². The average Bonchev–Trinajstić information content (AvgIpc) is 3.23. The van der Waals surface area contributed by atoms with Crippen molar-refractivity contribution in [3.8, 4) is 0 Å². The van der Waals surface area contributed by atoms with Crippen molar-refractivity contribution in [3.63, 3.8) is 0 Å². The molecule has 0 aromatic heterocycles. The first-order valence-electron chi connectivity index (χ1n) is 27.7. The second-order valence-electron chi connectivity index (χ2n) is 19.2. The number of carbonyl (C=O) groups is 2. The van der Waals surface area contributed by atoms with E-state index >= 15 is 0 Å². The van der Waals surface area contributed by atoms with E-state index < -0.39 is 0 Å². The number of carbonyl (C=O) groups excluding carboxylic acids is 2. The van der Waals surface area contributed by atoms with Gasteiger partial charge in [0.25, 0.3) is 0 Å². The molecule has 0 aliphatic carbocycles. The van der Waals surface area contributed by atoms with E-state index in [1.54, 1.807) is 0 Å². The number of nitrogens with one attached hydrogen (secondary N) is 2. The molecule has 59 heavy (non-hydrogen) atoms. The number of hydrogen-bond acceptors (Lipinski definition) is 2. The normalized spacial score (nSPS) is 11.5. The first kappa shape index (κ1) is 57.9. The molecule has 2 N–H and O–H groups in total. The maximum atomic E-state index is 12.5. The molecule has 352 valence electrons. The van der Waals surface area contributed by atoms with E-state index in [9.17, 15) is 9.59 Å². The number of hydrogen-bond donors (Lipinski definition) is 2.